The molecule has 0 aromatic rings. The lowest BCUT2D eigenvalue weighted by Crippen LogP contribution is -2.28. The van der Waals surface area contributed by atoms with Crippen LogP contribution in [-0.2, 0) is 0 Å². The first-order chi connectivity index (χ1) is 2.77. The highest BCUT2D eigenvalue weighted by molar-refractivity contribution is 8.93. The van der Waals surface area contributed by atoms with Crippen LogP contribution in [0.1, 0.15) is 6.92 Å². The van der Waals surface area contributed by atoms with Gasteiger partial charge in [0.05, 0.1) is 0 Å². The Hall–Kier alpha value is 0.170. The Morgan fingerprint density at radius 3 is 2.29 bits per heavy atom. The van der Waals surface area contributed by atoms with E-state index in [4.69, 9.17) is 5.73 Å². The average molecular weight is 185 g/mol. The van der Waals surface area contributed by atoms with Crippen LogP contribution in [0, 0.1) is 0 Å². The van der Waals surface area contributed by atoms with Crippen molar-refractivity contribution in [3.05, 3.63) is 0 Å². The summed E-state index contributed by atoms with van der Waals surface area (Å²) in [7, 11) is 0. The van der Waals surface area contributed by atoms with Gasteiger partial charge in [-0.05, 0) is 19.1 Å². The first kappa shape index (κ1) is 10.2. The zero-order valence-corrected chi connectivity index (χ0v) is 6.63. The number of halogens is 1. The summed E-state index contributed by atoms with van der Waals surface area (Å²) in [5.41, 5.74) is 5.02. The van der Waals surface area contributed by atoms with Crippen molar-refractivity contribution < 1.29 is 0 Å². The van der Waals surface area contributed by atoms with E-state index in [0.29, 0.717) is 5.11 Å². The number of nitrogens with one attached hydrogen (secondary N) is 1. The highest BCUT2D eigenvalue weighted by Crippen LogP contribution is 1.52. The Bertz CT molecular complexity index is 56.9. The summed E-state index contributed by atoms with van der Waals surface area (Å²) in [5, 5.41) is 3.09. The minimum absolute atomic E-state index is 0. The quantitative estimate of drug-likeness (QED) is 0.581. The smallest absolute Gasteiger partial charge is 0.163 e. The molecule has 2 nitrogen and oxygen atoms in total. The molecule has 0 fully saturated rings. The topological polar surface area (TPSA) is 38.0 Å². The maximum Gasteiger partial charge on any atom is 0.163 e. The maximum absolute atomic E-state index is 5.02. The average Bonchev–Trinajstić information content (AvgIpc) is 1.35. The fourth-order valence-electron chi connectivity index (χ4n) is 0.174. The first-order valence-corrected chi connectivity index (χ1v) is 2.21. The number of hydrogen-bond acceptors (Lipinski definition) is 1. The molecule has 0 atom stereocenters. The molecule has 0 aliphatic carbocycles. The van der Waals surface area contributed by atoms with Crippen molar-refractivity contribution in [3.8, 4) is 0 Å². The van der Waals surface area contributed by atoms with Gasteiger partial charge in [0.1, 0.15) is 0 Å². The molecular weight excluding hydrogens is 176 g/mol. The molecule has 0 unspecified atom stereocenters. The Morgan fingerprint density at radius 2 is 2.29 bits per heavy atom. The third kappa shape index (κ3) is 10.7. The second kappa shape index (κ2) is 6.17. The van der Waals surface area contributed by atoms with Crippen molar-refractivity contribution in [2.45, 2.75) is 6.92 Å². The molecule has 4 heteroatoms. The first-order valence-electron chi connectivity index (χ1n) is 1.80. The zero-order chi connectivity index (χ0) is 4.99. The van der Waals surface area contributed by atoms with Crippen molar-refractivity contribution in [1.29, 1.82) is 0 Å². The van der Waals surface area contributed by atoms with Gasteiger partial charge in [-0.3, -0.25) is 0 Å². The molecule has 0 saturated heterocycles. The fraction of sp³-hybridized carbons (Fsp3) is 0.667. The Morgan fingerprint density at radius 1 is 1.86 bits per heavy atom. The number of rotatable bonds is 1. The lowest BCUT2D eigenvalue weighted by molar-refractivity contribution is 0.973. The van der Waals surface area contributed by atoms with E-state index in [1.165, 1.54) is 0 Å². The van der Waals surface area contributed by atoms with Gasteiger partial charge < -0.3 is 11.1 Å². The lowest BCUT2D eigenvalue weighted by Gasteiger charge is -1.92. The molecule has 0 heterocycles. The van der Waals surface area contributed by atoms with Gasteiger partial charge in [-0.15, -0.1) is 17.0 Å². The van der Waals surface area contributed by atoms with Crippen molar-refractivity contribution >= 4 is 34.3 Å². The minimum Gasteiger partial charge on any atom is -0.376 e. The normalized spacial score (nSPS) is 6.43. The third-order valence-corrected chi connectivity index (χ3v) is 0.495. The van der Waals surface area contributed by atoms with E-state index in [9.17, 15) is 0 Å². The van der Waals surface area contributed by atoms with E-state index >= 15 is 0 Å². The van der Waals surface area contributed by atoms with Gasteiger partial charge in [-0.2, -0.15) is 0 Å². The van der Waals surface area contributed by atoms with Gasteiger partial charge in [0.25, 0.3) is 0 Å². The highest BCUT2D eigenvalue weighted by Gasteiger charge is 1.73. The Balaban J connectivity index is 0. The van der Waals surface area contributed by atoms with E-state index in [1.807, 2.05) is 6.92 Å². The number of thiocarbonyl (C=S) groups is 1. The molecule has 0 bridgehead atoms. The molecule has 0 aromatic carbocycles. The molecule has 0 aliphatic heterocycles. The summed E-state index contributed by atoms with van der Waals surface area (Å²) in [6.45, 7) is 2.76. The van der Waals surface area contributed by atoms with Crippen LogP contribution in [0.3, 0.4) is 0 Å². The Labute approximate surface area is 59.2 Å². The van der Waals surface area contributed by atoms with Gasteiger partial charge in [0.2, 0.25) is 0 Å². The van der Waals surface area contributed by atoms with Crippen LogP contribution in [0.4, 0.5) is 0 Å². The summed E-state index contributed by atoms with van der Waals surface area (Å²) >= 11 is 4.46. The molecule has 44 valence electrons. The van der Waals surface area contributed by atoms with Crippen molar-refractivity contribution in [2.24, 2.45) is 5.73 Å². The standard InChI is InChI=1S/C3H8N2S.BrH/c1-2-5-3(4)6;/h2H2,1H3,(H3,4,5,6);1H. The molecule has 0 spiro atoms. The van der Waals surface area contributed by atoms with E-state index in [0.717, 1.165) is 6.54 Å². The van der Waals surface area contributed by atoms with Crippen molar-refractivity contribution in [1.82, 2.24) is 5.32 Å². The van der Waals surface area contributed by atoms with Gasteiger partial charge in [0, 0.05) is 6.54 Å². The van der Waals surface area contributed by atoms with E-state index in [2.05, 4.69) is 17.5 Å². The maximum atomic E-state index is 5.02. The van der Waals surface area contributed by atoms with Gasteiger partial charge >= 0.3 is 0 Å². The van der Waals surface area contributed by atoms with Crippen LogP contribution in [-0.4, -0.2) is 11.7 Å². The zero-order valence-electron chi connectivity index (χ0n) is 4.10. The van der Waals surface area contributed by atoms with Crippen molar-refractivity contribution in [2.75, 3.05) is 6.54 Å². The molecule has 0 amide bonds. The minimum atomic E-state index is 0. The van der Waals surface area contributed by atoms with Crippen LogP contribution in [0.5, 0.6) is 0 Å². The van der Waals surface area contributed by atoms with E-state index in [-0.39, 0.29) is 17.0 Å². The monoisotopic (exact) mass is 184 g/mol. The predicted molar refractivity (Wildman–Crippen MR) is 40.8 cm³/mol. The molecular formula is C3H9BrN2S. The van der Waals surface area contributed by atoms with Crippen LogP contribution in [0.25, 0.3) is 0 Å². The van der Waals surface area contributed by atoms with Crippen LogP contribution in [0.2, 0.25) is 0 Å². The molecule has 0 rings (SSSR count). The highest BCUT2D eigenvalue weighted by atomic mass is 79.9. The van der Waals surface area contributed by atoms with Crippen LogP contribution >= 0.6 is 29.2 Å². The van der Waals surface area contributed by atoms with Gasteiger partial charge in [-0.25, -0.2) is 0 Å². The summed E-state index contributed by atoms with van der Waals surface area (Å²) in [4.78, 5) is 0. The molecule has 3 N–H and O–H groups in total. The summed E-state index contributed by atoms with van der Waals surface area (Å²) in [6, 6.07) is 0. The lowest BCUT2D eigenvalue weighted by atomic mass is 10.8. The largest absolute Gasteiger partial charge is 0.376 e. The fourth-order valence-corrected chi connectivity index (χ4v) is 0.319. The van der Waals surface area contributed by atoms with E-state index in [1.54, 1.807) is 0 Å². The Kier molecular flexibility index (Phi) is 9.00. The van der Waals surface area contributed by atoms with Crippen LogP contribution < -0.4 is 11.1 Å². The summed E-state index contributed by atoms with van der Waals surface area (Å²) in [6.07, 6.45) is 0. The molecule has 0 saturated carbocycles. The van der Waals surface area contributed by atoms with E-state index < -0.39 is 0 Å². The second-order valence-corrected chi connectivity index (χ2v) is 1.33. The van der Waals surface area contributed by atoms with Gasteiger partial charge in [0.15, 0.2) is 5.11 Å². The number of hydrogen-bond donors (Lipinski definition) is 2. The summed E-state index contributed by atoms with van der Waals surface area (Å²) < 4.78 is 0. The molecule has 0 radical (unpaired) electrons. The van der Waals surface area contributed by atoms with Crippen molar-refractivity contribution in [3.63, 3.8) is 0 Å². The second-order valence-electron chi connectivity index (χ2n) is 0.895. The molecule has 0 aromatic heterocycles. The van der Waals surface area contributed by atoms with Gasteiger partial charge in [-0.1, -0.05) is 0 Å². The predicted octanol–water partition coefficient (Wildman–Crippen LogP) is 0.417. The SMILES string of the molecule is Br.CCNC(N)=S. The number of nitrogens with two attached hydrogens (primary N) is 1. The molecule has 0 aliphatic rings. The molecule has 7 heavy (non-hydrogen) atoms. The third-order valence-electron chi connectivity index (χ3n) is 0.351. The summed E-state index contributed by atoms with van der Waals surface area (Å²) in [5.74, 6) is 0. The van der Waals surface area contributed by atoms with Crippen LogP contribution in [0.15, 0.2) is 0 Å².